The lowest BCUT2D eigenvalue weighted by atomic mass is 10.1. The minimum Gasteiger partial charge on any atom is -0.493 e. The normalized spacial score (nSPS) is 10.5. The van der Waals surface area contributed by atoms with Gasteiger partial charge in [-0.2, -0.15) is 0 Å². The van der Waals surface area contributed by atoms with E-state index in [1.54, 1.807) is 12.1 Å². The Morgan fingerprint density at radius 3 is 2.60 bits per heavy atom. The van der Waals surface area contributed by atoms with Gasteiger partial charge in [0.25, 0.3) is 0 Å². The van der Waals surface area contributed by atoms with Gasteiger partial charge in [0.15, 0.2) is 18.1 Å². The summed E-state index contributed by atoms with van der Waals surface area (Å²) in [6.07, 6.45) is 0. The lowest BCUT2D eigenvalue weighted by Crippen LogP contribution is -2.23. The molecule has 0 saturated carbocycles. The molecule has 1 aromatic rings. The van der Waals surface area contributed by atoms with E-state index in [1.165, 1.54) is 14.2 Å². The molecule has 0 bridgehead atoms. The standard InChI is InChI=1S/C14H20ClNO4/c1-9(2)16-7-10-5-11(15)6-12(18-3)14(10)20-8-13(17)19-4/h5-6,9,16H,7-8H2,1-4H3. The summed E-state index contributed by atoms with van der Waals surface area (Å²) in [6.45, 7) is 4.46. The Labute approximate surface area is 124 Å². The van der Waals surface area contributed by atoms with Gasteiger partial charge in [-0.15, -0.1) is 0 Å². The molecule has 0 fully saturated rings. The third kappa shape index (κ3) is 4.90. The summed E-state index contributed by atoms with van der Waals surface area (Å²) in [5, 5.41) is 3.82. The molecule has 0 spiro atoms. The van der Waals surface area contributed by atoms with Crippen LogP contribution in [0.2, 0.25) is 5.02 Å². The second kappa shape index (κ2) is 7.97. The van der Waals surface area contributed by atoms with E-state index < -0.39 is 5.97 Å². The van der Waals surface area contributed by atoms with Gasteiger partial charge < -0.3 is 19.5 Å². The average molecular weight is 302 g/mol. The maximum Gasteiger partial charge on any atom is 0.343 e. The van der Waals surface area contributed by atoms with Crippen molar-refractivity contribution in [1.29, 1.82) is 0 Å². The first-order valence-corrected chi connectivity index (χ1v) is 6.65. The fourth-order valence-corrected chi connectivity index (χ4v) is 1.80. The van der Waals surface area contributed by atoms with Crippen molar-refractivity contribution in [2.75, 3.05) is 20.8 Å². The van der Waals surface area contributed by atoms with Crippen molar-refractivity contribution in [3.8, 4) is 11.5 Å². The Hall–Kier alpha value is -1.46. The zero-order valence-corrected chi connectivity index (χ0v) is 12.9. The van der Waals surface area contributed by atoms with E-state index in [4.69, 9.17) is 21.1 Å². The van der Waals surface area contributed by atoms with Crippen LogP contribution in [0.4, 0.5) is 0 Å². The van der Waals surface area contributed by atoms with Crippen molar-refractivity contribution >= 4 is 17.6 Å². The molecule has 0 aliphatic carbocycles. The van der Waals surface area contributed by atoms with Crippen LogP contribution >= 0.6 is 11.6 Å². The van der Waals surface area contributed by atoms with Crippen molar-refractivity contribution in [3.05, 3.63) is 22.7 Å². The molecule has 0 aliphatic rings. The number of hydrogen-bond donors (Lipinski definition) is 1. The first kappa shape index (κ1) is 16.6. The SMILES string of the molecule is COC(=O)COc1c(CNC(C)C)cc(Cl)cc1OC. The van der Waals surface area contributed by atoms with Crippen LogP contribution in [0, 0.1) is 0 Å². The van der Waals surface area contributed by atoms with Crippen LogP contribution in [-0.2, 0) is 16.1 Å². The molecular weight excluding hydrogens is 282 g/mol. The third-order valence-electron chi connectivity index (χ3n) is 2.58. The minimum atomic E-state index is -0.454. The van der Waals surface area contributed by atoms with Gasteiger partial charge in [-0.05, 0) is 6.07 Å². The predicted molar refractivity (Wildman–Crippen MR) is 77.5 cm³/mol. The monoisotopic (exact) mass is 301 g/mol. The quantitative estimate of drug-likeness (QED) is 0.784. The van der Waals surface area contributed by atoms with E-state index in [-0.39, 0.29) is 6.61 Å². The maximum absolute atomic E-state index is 11.2. The fraction of sp³-hybridized carbons (Fsp3) is 0.500. The van der Waals surface area contributed by atoms with Crippen molar-refractivity contribution in [1.82, 2.24) is 5.32 Å². The van der Waals surface area contributed by atoms with Crippen molar-refractivity contribution in [3.63, 3.8) is 0 Å². The molecule has 0 aliphatic heterocycles. The molecule has 0 aromatic heterocycles. The van der Waals surface area contributed by atoms with Crippen molar-refractivity contribution < 1.29 is 19.0 Å². The van der Waals surface area contributed by atoms with Gasteiger partial charge in [0.1, 0.15) is 0 Å². The second-order valence-electron chi connectivity index (χ2n) is 4.50. The van der Waals surface area contributed by atoms with E-state index in [9.17, 15) is 4.79 Å². The van der Waals surface area contributed by atoms with Gasteiger partial charge >= 0.3 is 5.97 Å². The molecule has 1 rings (SSSR count). The van der Waals surface area contributed by atoms with Crippen LogP contribution < -0.4 is 14.8 Å². The van der Waals surface area contributed by atoms with Crippen LogP contribution in [-0.4, -0.2) is 32.8 Å². The number of esters is 1. The fourth-order valence-electron chi connectivity index (χ4n) is 1.57. The van der Waals surface area contributed by atoms with Crippen LogP contribution in [0.1, 0.15) is 19.4 Å². The summed E-state index contributed by atoms with van der Waals surface area (Å²) in [4.78, 5) is 11.2. The summed E-state index contributed by atoms with van der Waals surface area (Å²) in [6, 6.07) is 3.74. The smallest absolute Gasteiger partial charge is 0.343 e. The number of nitrogens with one attached hydrogen (secondary N) is 1. The van der Waals surface area contributed by atoms with E-state index >= 15 is 0 Å². The molecule has 0 heterocycles. The molecule has 0 amide bonds. The Bertz CT molecular complexity index is 463. The molecule has 0 saturated heterocycles. The number of hydrogen-bond acceptors (Lipinski definition) is 5. The Morgan fingerprint density at radius 1 is 1.35 bits per heavy atom. The minimum absolute atomic E-state index is 0.177. The molecule has 20 heavy (non-hydrogen) atoms. The predicted octanol–water partition coefficient (Wildman–Crippen LogP) is 2.40. The van der Waals surface area contributed by atoms with Gasteiger partial charge in [-0.3, -0.25) is 0 Å². The second-order valence-corrected chi connectivity index (χ2v) is 4.93. The van der Waals surface area contributed by atoms with E-state index in [2.05, 4.69) is 10.1 Å². The van der Waals surface area contributed by atoms with E-state index in [0.29, 0.717) is 29.1 Å². The first-order chi connectivity index (χ1) is 9.47. The number of benzene rings is 1. The topological polar surface area (TPSA) is 56.8 Å². The molecule has 5 nitrogen and oxygen atoms in total. The molecule has 1 N–H and O–H groups in total. The zero-order valence-electron chi connectivity index (χ0n) is 12.2. The van der Waals surface area contributed by atoms with Crippen LogP contribution in [0.3, 0.4) is 0 Å². The molecule has 6 heteroatoms. The summed E-state index contributed by atoms with van der Waals surface area (Å²) in [7, 11) is 2.84. The number of rotatable bonds is 7. The third-order valence-corrected chi connectivity index (χ3v) is 2.80. The molecule has 112 valence electrons. The lowest BCUT2D eigenvalue weighted by molar-refractivity contribution is -0.142. The highest BCUT2D eigenvalue weighted by atomic mass is 35.5. The number of carbonyl (C=O) groups is 1. The van der Waals surface area contributed by atoms with Crippen LogP contribution in [0.25, 0.3) is 0 Å². The largest absolute Gasteiger partial charge is 0.493 e. The first-order valence-electron chi connectivity index (χ1n) is 6.27. The molecule has 0 unspecified atom stereocenters. The molecule has 0 radical (unpaired) electrons. The number of halogens is 1. The van der Waals surface area contributed by atoms with Crippen LogP contribution in [0.5, 0.6) is 11.5 Å². The van der Waals surface area contributed by atoms with Crippen molar-refractivity contribution in [2.45, 2.75) is 26.4 Å². The zero-order chi connectivity index (χ0) is 15.1. The maximum atomic E-state index is 11.2. The number of carbonyl (C=O) groups excluding carboxylic acids is 1. The highest BCUT2D eigenvalue weighted by Crippen LogP contribution is 2.34. The van der Waals surface area contributed by atoms with Crippen LogP contribution in [0.15, 0.2) is 12.1 Å². The summed E-state index contributed by atoms with van der Waals surface area (Å²) in [5.41, 5.74) is 0.826. The summed E-state index contributed by atoms with van der Waals surface area (Å²) in [5.74, 6) is 0.530. The highest BCUT2D eigenvalue weighted by Gasteiger charge is 2.15. The van der Waals surface area contributed by atoms with E-state index in [1.807, 2.05) is 13.8 Å². The average Bonchev–Trinajstić information content (AvgIpc) is 2.42. The molecular formula is C14H20ClNO4. The Balaban J connectivity index is 2.98. The summed E-state index contributed by atoms with van der Waals surface area (Å²) < 4.78 is 15.3. The van der Waals surface area contributed by atoms with E-state index in [0.717, 1.165) is 5.56 Å². The Kier molecular flexibility index (Phi) is 6.61. The lowest BCUT2D eigenvalue weighted by Gasteiger charge is -2.16. The highest BCUT2D eigenvalue weighted by molar-refractivity contribution is 6.30. The van der Waals surface area contributed by atoms with Gasteiger partial charge in [0, 0.05) is 29.2 Å². The van der Waals surface area contributed by atoms with Crippen molar-refractivity contribution in [2.24, 2.45) is 0 Å². The van der Waals surface area contributed by atoms with Gasteiger partial charge in [0.05, 0.1) is 14.2 Å². The van der Waals surface area contributed by atoms with Gasteiger partial charge in [-0.25, -0.2) is 4.79 Å². The van der Waals surface area contributed by atoms with Gasteiger partial charge in [0.2, 0.25) is 0 Å². The summed E-state index contributed by atoms with van der Waals surface area (Å²) >= 11 is 6.05. The Morgan fingerprint density at radius 2 is 2.05 bits per heavy atom. The molecule has 0 atom stereocenters. The number of methoxy groups -OCH3 is 2. The van der Waals surface area contributed by atoms with Gasteiger partial charge in [-0.1, -0.05) is 25.4 Å². The molecule has 1 aromatic carbocycles. The number of ether oxygens (including phenoxy) is 3.